The molecule has 0 aliphatic rings. The van der Waals surface area contributed by atoms with Gasteiger partial charge in [0.1, 0.15) is 5.75 Å². The molecule has 4 nitrogen and oxygen atoms in total. The Morgan fingerprint density at radius 1 is 1.00 bits per heavy atom. The first-order valence-electron chi connectivity index (χ1n) is 4.48. The van der Waals surface area contributed by atoms with E-state index in [2.05, 4.69) is 9.97 Å². The molecule has 2 N–H and O–H groups in total. The van der Waals surface area contributed by atoms with E-state index in [1.807, 2.05) is 6.92 Å². The van der Waals surface area contributed by atoms with Crippen molar-refractivity contribution < 1.29 is 10.2 Å². The van der Waals surface area contributed by atoms with Crippen LogP contribution in [0.1, 0.15) is 5.56 Å². The molecule has 2 rings (SSSR count). The zero-order chi connectivity index (χ0) is 10.8. The lowest BCUT2D eigenvalue weighted by molar-refractivity contribution is 0.469. The maximum Gasteiger partial charge on any atom is 0.159 e. The molecule has 0 atom stereocenters. The lowest BCUT2D eigenvalue weighted by Gasteiger charge is -2.04. The molecule has 0 spiro atoms. The van der Waals surface area contributed by atoms with Gasteiger partial charge in [0.05, 0.1) is 12.4 Å². The molecule has 0 saturated carbocycles. The first-order valence-corrected chi connectivity index (χ1v) is 4.48. The highest BCUT2D eigenvalue weighted by atomic mass is 16.3. The molecule has 76 valence electrons. The molecule has 0 aliphatic heterocycles. The molecule has 15 heavy (non-hydrogen) atoms. The number of rotatable bonds is 1. The average Bonchev–Trinajstić information content (AvgIpc) is 2.20. The van der Waals surface area contributed by atoms with Crippen LogP contribution in [0.3, 0.4) is 0 Å². The average molecular weight is 202 g/mol. The Morgan fingerprint density at radius 3 is 2.27 bits per heavy atom. The first-order chi connectivity index (χ1) is 7.16. The predicted octanol–water partition coefficient (Wildman–Crippen LogP) is 1.86. The molecule has 0 radical (unpaired) electrons. The first kappa shape index (κ1) is 9.45. The van der Waals surface area contributed by atoms with Gasteiger partial charge in [0.25, 0.3) is 0 Å². The number of hydrogen-bond acceptors (Lipinski definition) is 4. The summed E-state index contributed by atoms with van der Waals surface area (Å²) < 4.78 is 0. The van der Waals surface area contributed by atoms with Crippen LogP contribution in [0.4, 0.5) is 0 Å². The minimum absolute atomic E-state index is 0.0372. The van der Waals surface area contributed by atoms with Gasteiger partial charge in [0.2, 0.25) is 0 Å². The van der Waals surface area contributed by atoms with Gasteiger partial charge in [-0.25, -0.2) is 9.97 Å². The van der Waals surface area contributed by atoms with Gasteiger partial charge >= 0.3 is 0 Å². The second-order valence-corrected chi connectivity index (χ2v) is 3.26. The van der Waals surface area contributed by atoms with Gasteiger partial charge in [-0.2, -0.15) is 0 Å². The van der Waals surface area contributed by atoms with Crippen molar-refractivity contribution in [3.8, 4) is 22.9 Å². The molecule has 4 heteroatoms. The summed E-state index contributed by atoms with van der Waals surface area (Å²) in [5.74, 6) is 0.788. The number of aromatic hydroxyl groups is 2. The zero-order valence-corrected chi connectivity index (χ0v) is 8.18. The Hall–Kier alpha value is -2.10. The molecule has 1 heterocycles. The van der Waals surface area contributed by atoms with Crippen LogP contribution in [0.5, 0.6) is 11.5 Å². The van der Waals surface area contributed by atoms with E-state index in [0.29, 0.717) is 5.82 Å². The Morgan fingerprint density at radius 2 is 1.67 bits per heavy atom. The summed E-state index contributed by atoms with van der Waals surface area (Å²) in [5.41, 5.74) is 1.73. The predicted molar refractivity (Wildman–Crippen MR) is 55.5 cm³/mol. The van der Waals surface area contributed by atoms with Gasteiger partial charge in [0.15, 0.2) is 11.6 Å². The van der Waals surface area contributed by atoms with E-state index in [0.717, 1.165) is 11.1 Å². The molecule has 1 aromatic heterocycles. The largest absolute Gasteiger partial charge is 0.508 e. The van der Waals surface area contributed by atoms with Gasteiger partial charge in [0, 0.05) is 5.56 Å². The van der Waals surface area contributed by atoms with E-state index in [9.17, 15) is 5.11 Å². The molecule has 1 aromatic carbocycles. The Bertz CT molecular complexity index is 480. The fraction of sp³-hybridized carbons (Fsp3) is 0.0909. The summed E-state index contributed by atoms with van der Waals surface area (Å²) in [7, 11) is 0. The number of benzene rings is 1. The second-order valence-electron chi connectivity index (χ2n) is 3.26. The molecular formula is C11H10N2O2. The van der Waals surface area contributed by atoms with Gasteiger partial charge in [-0.15, -0.1) is 0 Å². The van der Waals surface area contributed by atoms with Gasteiger partial charge in [-0.1, -0.05) is 0 Å². The molecule has 0 saturated heterocycles. The van der Waals surface area contributed by atoms with Crippen molar-refractivity contribution >= 4 is 0 Å². The summed E-state index contributed by atoms with van der Waals surface area (Å²) in [6.45, 7) is 1.87. The minimum atomic E-state index is 0.0372. The maximum absolute atomic E-state index is 9.25. The Balaban J connectivity index is 2.49. The lowest BCUT2D eigenvalue weighted by atomic mass is 10.1. The Labute approximate surface area is 86.9 Å². The van der Waals surface area contributed by atoms with E-state index in [1.54, 1.807) is 18.2 Å². The lowest BCUT2D eigenvalue weighted by Crippen LogP contribution is -1.89. The van der Waals surface area contributed by atoms with E-state index in [1.165, 1.54) is 12.4 Å². The Kier molecular flexibility index (Phi) is 2.25. The van der Waals surface area contributed by atoms with Crippen LogP contribution in [0, 0.1) is 6.92 Å². The van der Waals surface area contributed by atoms with Crippen LogP contribution in [-0.4, -0.2) is 20.2 Å². The number of hydrogen-bond donors (Lipinski definition) is 2. The van der Waals surface area contributed by atoms with Gasteiger partial charge < -0.3 is 10.2 Å². The SMILES string of the molecule is Cc1cc(O)ccc1-c1ncc(O)cn1. The van der Waals surface area contributed by atoms with E-state index in [4.69, 9.17) is 5.11 Å². The van der Waals surface area contributed by atoms with E-state index < -0.39 is 0 Å². The van der Waals surface area contributed by atoms with E-state index in [-0.39, 0.29) is 11.5 Å². The van der Waals surface area contributed by atoms with Crippen molar-refractivity contribution in [3.63, 3.8) is 0 Å². The van der Waals surface area contributed by atoms with Crippen LogP contribution >= 0.6 is 0 Å². The zero-order valence-electron chi connectivity index (χ0n) is 8.18. The van der Waals surface area contributed by atoms with Crippen LogP contribution in [-0.2, 0) is 0 Å². The molecule has 2 aromatic rings. The highest BCUT2D eigenvalue weighted by Gasteiger charge is 2.05. The standard InChI is InChI=1S/C11H10N2O2/c1-7-4-8(14)2-3-10(7)11-12-5-9(15)6-13-11/h2-6,14-15H,1H3. The fourth-order valence-electron chi connectivity index (χ4n) is 1.36. The topological polar surface area (TPSA) is 66.2 Å². The molecule has 0 amide bonds. The van der Waals surface area contributed by atoms with Crippen molar-refractivity contribution in [3.05, 3.63) is 36.2 Å². The monoisotopic (exact) mass is 202 g/mol. The third-order valence-electron chi connectivity index (χ3n) is 2.09. The van der Waals surface area contributed by atoms with Crippen LogP contribution in [0.15, 0.2) is 30.6 Å². The smallest absolute Gasteiger partial charge is 0.159 e. The fourth-order valence-corrected chi connectivity index (χ4v) is 1.36. The van der Waals surface area contributed by atoms with Crippen LogP contribution in [0.25, 0.3) is 11.4 Å². The van der Waals surface area contributed by atoms with Gasteiger partial charge in [-0.3, -0.25) is 0 Å². The number of nitrogens with zero attached hydrogens (tertiary/aromatic N) is 2. The molecular weight excluding hydrogens is 192 g/mol. The van der Waals surface area contributed by atoms with Crippen molar-refractivity contribution in [2.45, 2.75) is 6.92 Å². The number of phenolic OH excluding ortho intramolecular Hbond substituents is 1. The summed E-state index contributed by atoms with van der Waals surface area (Å²) >= 11 is 0. The quantitative estimate of drug-likeness (QED) is 0.740. The van der Waals surface area contributed by atoms with E-state index >= 15 is 0 Å². The highest BCUT2D eigenvalue weighted by molar-refractivity contribution is 5.61. The van der Waals surface area contributed by atoms with Crippen LogP contribution in [0.2, 0.25) is 0 Å². The second kappa shape index (κ2) is 3.57. The van der Waals surface area contributed by atoms with Crippen LogP contribution < -0.4 is 0 Å². The maximum atomic E-state index is 9.25. The summed E-state index contributed by atoms with van der Waals surface area (Å²) in [6, 6.07) is 4.97. The summed E-state index contributed by atoms with van der Waals surface area (Å²) in [6.07, 6.45) is 2.68. The summed E-state index contributed by atoms with van der Waals surface area (Å²) in [4.78, 5) is 7.99. The van der Waals surface area contributed by atoms with Crippen molar-refractivity contribution in [1.82, 2.24) is 9.97 Å². The minimum Gasteiger partial charge on any atom is -0.508 e. The number of phenols is 1. The summed E-state index contributed by atoms with van der Waals surface area (Å²) in [5, 5.41) is 18.3. The van der Waals surface area contributed by atoms with Crippen molar-refractivity contribution in [2.75, 3.05) is 0 Å². The molecule has 0 aliphatic carbocycles. The third kappa shape index (κ3) is 1.88. The molecule has 0 unspecified atom stereocenters. The highest BCUT2D eigenvalue weighted by Crippen LogP contribution is 2.23. The third-order valence-corrected chi connectivity index (χ3v) is 2.09. The molecule has 0 fully saturated rings. The number of aryl methyl sites for hydroxylation is 1. The van der Waals surface area contributed by atoms with Crippen molar-refractivity contribution in [1.29, 1.82) is 0 Å². The molecule has 0 bridgehead atoms. The van der Waals surface area contributed by atoms with Gasteiger partial charge in [-0.05, 0) is 30.7 Å². The van der Waals surface area contributed by atoms with Crippen molar-refractivity contribution in [2.24, 2.45) is 0 Å². The normalized spacial score (nSPS) is 10.2. The number of aromatic nitrogens is 2.